The first-order chi connectivity index (χ1) is 16.0. The van der Waals surface area contributed by atoms with Gasteiger partial charge in [-0.15, -0.1) is 0 Å². The number of fused-ring (bicyclic) bond motifs is 2. The van der Waals surface area contributed by atoms with Crippen LogP contribution < -0.4 is 10.1 Å². The third-order valence-electron chi connectivity index (χ3n) is 5.94. The second-order valence-corrected chi connectivity index (χ2v) is 9.36. The van der Waals surface area contributed by atoms with Gasteiger partial charge in [0, 0.05) is 30.5 Å². The molecule has 1 unspecified atom stereocenters. The number of amides is 2. The average Bonchev–Trinajstić information content (AvgIpc) is 3.09. The molecular formula is C25H23N3O4S. The third kappa shape index (κ3) is 4.39. The van der Waals surface area contributed by atoms with Crippen LogP contribution in [-0.2, 0) is 17.8 Å². The molecule has 2 aliphatic rings. The van der Waals surface area contributed by atoms with Gasteiger partial charge in [0.15, 0.2) is 10.9 Å². The number of benzene rings is 2. The van der Waals surface area contributed by atoms with E-state index in [1.54, 1.807) is 17.0 Å². The smallest absolute Gasteiger partial charge is 0.257 e. The molecule has 2 aromatic carbocycles. The molecule has 33 heavy (non-hydrogen) atoms. The Labute approximate surface area is 195 Å². The lowest BCUT2D eigenvalue weighted by Crippen LogP contribution is -2.40. The van der Waals surface area contributed by atoms with Crippen molar-refractivity contribution < 1.29 is 19.1 Å². The van der Waals surface area contributed by atoms with Crippen LogP contribution in [0.15, 0.2) is 48.5 Å². The maximum Gasteiger partial charge on any atom is 0.257 e. The minimum absolute atomic E-state index is 0.0624. The van der Waals surface area contributed by atoms with Crippen molar-refractivity contribution in [3.8, 4) is 5.75 Å². The van der Waals surface area contributed by atoms with E-state index in [1.807, 2.05) is 43.3 Å². The summed E-state index contributed by atoms with van der Waals surface area (Å²) >= 11 is 1.18. The van der Waals surface area contributed by atoms with Crippen molar-refractivity contribution in [2.45, 2.75) is 26.3 Å². The number of thiazole rings is 1. The molecule has 7 nitrogen and oxygen atoms in total. The van der Waals surface area contributed by atoms with E-state index in [0.29, 0.717) is 47.4 Å². The van der Waals surface area contributed by atoms with Crippen molar-refractivity contribution in [1.29, 1.82) is 0 Å². The summed E-state index contributed by atoms with van der Waals surface area (Å²) in [6.07, 6.45) is 0.536. The summed E-state index contributed by atoms with van der Waals surface area (Å²) in [6, 6.07) is 15.0. The summed E-state index contributed by atoms with van der Waals surface area (Å²) in [5.74, 6) is -0.101. The summed E-state index contributed by atoms with van der Waals surface area (Å²) in [5.41, 5.74) is 3.06. The number of rotatable bonds is 3. The Morgan fingerprint density at radius 2 is 2.00 bits per heavy atom. The second-order valence-electron chi connectivity index (χ2n) is 8.36. The number of nitrogens with one attached hydrogen (secondary N) is 1. The molecule has 1 aliphatic heterocycles. The molecule has 1 aromatic heterocycles. The second kappa shape index (κ2) is 8.78. The van der Waals surface area contributed by atoms with E-state index < -0.39 is 5.92 Å². The Bertz CT molecular complexity index is 1250. The number of Topliss-reactive ketones (excluding diaryl/α,β-unsaturated/α-hetero) is 1. The molecule has 0 fully saturated rings. The maximum absolute atomic E-state index is 13.3. The van der Waals surface area contributed by atoms with Gasteiger partial charge in [-0.25, -0.2) is 4.98 Å². The number of ether oxygens (including phenoxy) is 1. The lowest BCUT2D eigenvalue weighted by molar-refractivity contribution is -0.136. The van der Waals surface area contributed by atoms with Crippen molar-refractivity contribution >= 4 is 34.1 Å². The Morgan fingerprint density at radius 1 is 1.15 bits per heavy atom. The Morgan fingerprint density at radius 3 is 2.85 bits per heavy atom. The van der Waals surface area contributed by atoms with Crippen LogP contribution in [-0.4, -0.2) is 40.6 Å². The summed E-state index contributed by atoms with van der Waals surface area (Å²) in [6.45, 7) is 3.27. The van der Waals surface area contributed by atoms with Gasteiger partial charge in [0.1, 0.15) is 12.4 Å². The van der Waals surface area contributed by atoms with Crippen LogP contribution in [0.5, 0.6) is 5.75 Å². The highest BCUT2D eigenvalue weighted by atomic mass is 32.1. The van der Waals surface area contributed by atoms with Gasteiger partial charge < -0.3 is 9.64 Å². The molecule has 8 heteroatoms. The fourth-order valence-electron chi connectivity index (χ4n) is 4.29. The molecule has 0 saturated carbocycles. The number of carbonyl (C=O) groups excluding carboxylic acids is 3. The Balaban J connectivity index is 1.31. The van der Waals surface area contributed by atoms with Gasteiger partial charge >= 0.3 is 0 Å². The maximum atomic E-state index is 13.3. The Hall–Kier alpha value is -3.52. The highest BCUT2D eigenvalue weighted by Crippen LogP contribution is 2.34. The number of hydrogen-bond donors (Lipinski definition) is 1. The van der Waals surface area contributed by atoms with E-state index in [9.17, 15) is 14.4 Å². The molecule has 1 N–H and O–H groups in total. The van der Waals surface area contributed by atoms with E-state index in [2.05, 4.69) is 10.3 Å². The van der Waals surface area contributed by atoms with Gasteiger partial charge in [-0.1, -0.05) is 47.2 Å². The monoisotopic (exact) mass is 461 g/mol. The van der Waals surface area contributed by atoms with Gasteiger partial charge in [0.25, 0.3) is 5.91 Å². The average molecular weight is 462 g/mol. The van der Waals surface area contributed by atoms with E-state index in [4.69, 9.17) is 4.74 Å². The highest BCUT2D eigenvalue weighted by Gasteiger charge is 2.36. The summed E-state index contributed by atoms with van der Waals surface area (Å²) in [5, 5.41) is 3.17. The largest absolute Gasteiger partial charge is 0.491 e. The van der Waals surface area contributed by atoms with E-state index in [-0.39, 0.29) is 24.0 Å². The molecule has 0 spiro atoms. The number of aromatic nitrogens is 1. The number of para-hydroxylation sites is 1. The summed E-state index contributed by atoms with van der Waals surface area (Å²) < 4.78 is 5.77. The molecule has 0 saturated heterocycles. The predicted octanol–water partition coefficient (Wildman–Crippen LogP) is 3.87. The minimum Gasteiger partial charge on any atom is -0.491 e. The van der Waals surface area contributed by atoms with Crippen LogP contribution in [0.1, 0.15) is 43.3 Å². The van der Waals surface area contributed by atoms with Crippen LogP contribution in [0.25, 0.3) is 0 Å². The van der Waals surface area contributed by atoms with Gasteiger partial charge in [0.05, 0.1) is 23.0 Å². The van der Waals surface area contributed by atoms with Crippen molar-refractivity contribution in [3.63, 3.8) is 0 Å². The third-order valence-corrected chi connectivity index (χ3v) is 6.99. The molecule has 0 bridgehead atoms. The van der Waals surface area contributed by atoms with Crippen molar-refractivity contribution in [2.75, 3.05) is 18.5 Å². The van der Waals surface area contributed by atoms with Crippen LogP contribution in [0, 0.1) is 12.8 Å². The summed E-state index contributed by atoms with van der Waals surface area (Å²) in [4.78, 5) is 45.5. The highest BCUT2D eigenvalue weighted by molar-refractivity contribution is 7.17. The molecule has 2 heterocycles. The van der Waals surface area contributed by atoms with Crippen molar-refractivity contribution in [1.82, 2.24) is 9.88 Å². The molecule has 0 radical (unpaired) electrons. The van der Waals surface area contributed by atoms with Gasteiger partial charge in [-0.05, 0) is 25.1 Å². The number of hydrogen-bond acceptors (Lipinski definition) is 6. The molecule has 1 aliphatic carbocycles. The standard InChI is InChI=1S/C25H23N3O4S/c1-15-5-4-7-16(11-15)23(30)27-25-26-19-12-18(13-20(29)22(19)33-25)24(31)28-9-10-32-21-8-3-2-6-17(21)14-28/h2-8,11,18H,9-10,12-14H2,1H3,(H,26,27,30). The number of ketones is 1. The predicted molar refractivity (Wildman–Crippen MR) is 125 cm³/mol. The molecule has 168 valence electrons. The zero-order valence-corrected chi connectivity index (χ0v) is 19.0. The molecular weight excluding hydrogens is 438 g/mol. The number of nitrogens with zero attached hydrogens (tertiary/aromatic N) is 2. The first kappa shape index (κ1) is 21.3. The topological polar surface area (TPSA) is 88.6 Å². The normalized spacial score (nSPS) is 17.4. The van der Waals surface area contributed by atoms with Gasteiger partial charge in [0.2, 0.25) is 5.91 Å². The van der Waals surface area contributed by atoms with Crippen molar-refractivity contribution in [3.05, 3.63) is 75.8 Å². The lowest BCUT2D eigenvalue weighted by atomic mass is 9.88. The molecule has 5 rings (SSSR count). The number of anilines is 1. The first-order valence-electron chi connectivity index (χ1n) is 10.9. The SMILES string of the molecule is Cc1cccc(C(=O)Nc2nc3c(s2)C(=O)CC(C(=O)N2CCOc4ccccc4C2)C3)c1. The van der Waals surface area contributed by atoms with Gasteiger partial charge in [-0.2, -0.15) is 0 Å². The Kier molecular flexibility index (Phi) is 5.68. The number of aryl methyl sites for hydroxylation is 1. The van der Waals surface area contributed by atoms with Gasteiger partial charge in [-0.3, -0.25) is 19.7 Å². The van der Waals surface area contributed by atoms with Crippen LogP contribution in [0.3, 0.4) is 0 Å². The zero-order valence-electron chi connectivity index (χ0n) is 18.2. The fraction of sp³-hybridized carbons (Fsp3) is 0.280. The lowest BCUT2D eigenvalue weighted by Gasteiger charge is -2.27. The van der Waals surface area contributed by atoms with E-state index >= 15 is 0 Å². The van der Waals surface area contributed by atoms with Crippen LogP contribution >= 0.6 is 11.3 Å². The molecule has 1 atom stereocenters. The van der Waals surface area contributed by atoms with Crippen LogP contribution in [0.2, 0.25) is 0 Å². The van der Waals surface area contributed by atoms with Crippen LogP contribution in [0.4, 0.5) is 5.13 Å². The quantitative estimate of drug-likeness (QED) is 0.640. The van der Waals surface area contributed by atoms with Crippen molar-refractivity contribution in [2.24, 2.45) is 5.92 Å². The number of carbonyl (C=O) groups is 3. The first-order valence-corrected chi connectivity index (χ1v) is 11.7. The molecule has 2 amide bonds. The van der Waals surface area contributed by atoms with E-state index in [1.165, 1.54) is 11.3 Å². The minimum atomic E-state index is -0.460. The molecule has 3 aromatic rings. The fourth-order valence-corrected chi connectivity index (χ4v) is 5.22. The zero-order chi connectivity index (χ0) is 22.9. The van der Waals surface area contributed by atoms with E-state index in [0.717, 1.165) is 16.9 Å². The summed E-state index contributed by atoms with van der Waals surface area (Å²) in [7, 11) is 0.